The van der Waals surface area contributed by atoms with Gasteiger partial charge >= 0.3 is 0 Å². The summed E-state index contributed by atoms with van der Waals surface area (Å²) in [5, 5.41) is 4.04. The van der Waals surface area contributed by atoms with Crippen molar-refractivity contribution in [3.05, 3.63) is 54.4 Å². The maximum Gasteiger partial charge on any atom is 0.251 e. The lowest BCUT2D eigenvalue weighted by molar-refractivity contribution is 0.0947. The fourth-order valence-electron chi connectivity index (χ4n) is 3.46. The van der Waals surface area contributed by atoms with Crippen LogP contribution in [0, 0.1) is 5.92 Å². The Morgan fingerprint density at radius 3 is 2.71 bits per heavy atom. The summed E-state index contributed by atoms with van der Waals surface area (Å²) in [5.74, 6) is 0.652. The summed E-state index contributed by atoms with van der Waals surface area (Å²) in [6.07, 6.45) is 8.47. The average molecular weight is 320 g/mol. The average Bonchev–Trinajstić information content (AvgIpc) is 3.31. The van der Waals surface area contributed by atoms with Gasteiger partial charge in [0.2, 0.25) is 0 Å². The largest absolute Gasteiger partial charge is 0.464 e. The molecule has 4 nitrogen and oxygen atoms in total. The number of fused-ring (bicyclic) bond motifs is 1. The standard InChI is InChI=1S/C20H20N2O2/c23-20(22-13-14-3-1-2-4-14)16-7-5-15(6-8-16)19-17-10-12-24-18(17)9-11-21-19/h5-12,14H,1-4,13H2,(H,22,23). The minimum absolute atomic E-state index is 0.00271. The van der Waals surface area contributed by atoms with Crippen molar-refractivity contribution in [1.82, 2.24) is 10.3 Å². The van der Waals surface area contributed by atoms with Crippen LogP contribution in [0.15, 0.2) is 53.3 Å². The Kier molecular flexibility index (Phi) is 4.03. The van der Waals surface area contributed by atoms with Crippen LogP contribution in [0.4, 0.5) is 0 Å². The molecule has 0 bridgehead atoms. The summed E-state index contributed by atoms with van der Waals surface area (Å²) in [5.41, 5.74) is 3.36. The summed E-state index contributed by atoms with van der Waals surface area (Å²) < 4.78 is 5.42. The first-order valence-corrected chi connectivity index (χ1v) is 8.52. The lowest BCUT2D eigenvalue weighted by atomic mass is 10.0. The van der Waals surface area contributed by atoms with Crippen molar-refractivity contribution in [2.45, 2.75) is 25.7 Å². The van der Waals surface area contributed by atoms with E-state index in [0.717, 1.165) is 28.8 Å². The van der Waals surface area contributed by atoms with Crippen LogP contribution in [0.5, 0.6) is 0 Å². The number of rotatable bonds is 4. The zero-order valence-electron chi connectivity index (χ0n) is 13.5. The van der Waals surface area contributed by atoms with Crippen LogP contribution in [0.2, 0.25) is 0 Å². The number of furan rings is 1. The molecule has 3 aromatic rings. The predicted molar refractivity (Wildman–Crippen MR) is 93.7 cm³/mol. The second-order valence-corrected chi connectivity index (χ2v) is 6.43. The highest BCUT2D eigenvalue weighted by molar-refractivity contribution is 5.96. The van der Waals surface area contributed by atoms with Crippen LogP contribution in [-0.4, -0.2) is 17.4 Å². The lowest BCUT2D eigenvalue weighted by Crippen LogP contribution is -2.28. The van der Waals surface area contributed by atoms with Gasteiger partial charge in [-0.15, -0.1) is 0 Å². The molecule has 0 unspecified atom stereocenters. The molecule has 1 aliphatic carbocycles. The zero-order chi connectivity index (χ0) is 16.4. The first-order chi connectivity index (χ1) is 11.8. The first-order valence-electron chi connectivity index (χ1n) is 8.52. The van der Waals surface area contributed by atoms with Gasteiger partial charge in [0.15, 0.2) is 0 Å². The van der Waals surface area contributed by atoms with E-state index in [4.69, 9.17) is 4.42 Å². The SMILES string of the molecule is O=C(NCC1CCCC1)c1ccc(-c2nccc3occc23)cc1. The normalized spacial score (nSPS) is 15.0. The number of carbonyl (C=O) groups is 1. The van der Waals surface area contributed by atoms with Crippen LogP contribution in [0.25, 0.3) is 22.2 Å². The third-order valence-electron chi connectivity index (χ3n) is 4.83. The maximum absolute atomic E-state index is 12.3. The van der Waals surface area contributed by atoms with Crippen LogP contribution in [0.1, 0.15) is 36.0 Å². The molecule has 4 heteroatoms. The van der Waals surface area contributed by atoms with Gasteiger partial charge in [0, 0.05) is 29.3 Å². The van der Waals surface area contributed by atoms with E-state index in [-0.39, 0.29) is 5.91 Å². The molecule has 1 amide bonds. The molecule has 24 heavy (non-hydrogen) atoms. The first kappa shape index (κ1) is 14.9. The van der Waals surface area contributed by atoms with Crippen molar-refractivity contribution < 1.29 is 9.21 Å². The van der Waals surface area contributed by atoms with E-state index < -0.39 is 0 Å². The van der Waals surface area contributed by atoms with Crippen molar-refractivity contribution >= 4 is 16.9 Å². The fraction of sp³-hybridized carbons (Fsp3) is 0.300. The molecule has 0 spiro atoms. The molecule has 1 aliphatic rings. The molecule has 2 heterocycles. The smallest absolute Gasteiger partial charge is 0.251 e. The van der Waals surface area contributed by atoms with E-state index in [9.17, 15) is 4.79 Å². The van der Waals surface area contributed by atoms with Crippen molar-refractivity contribution in [3.63, 3.8) is 0 Å². The number of nitrogens with one attached hydrogen (secondary N) is 1. The zero-order valence-corrected chi connectivity index (χ0v) is 13.5. The molecule has 0 saturated heterocycles. The lowest BCUT2D eigenvalue weighted by Gasteiger charge is -2.11. The summed E-state index contributed by atoms with van der Waals surface area (Å²) >= 11 is 0. The molecule has 1 fully saturated rings. The molecule has 0 atom stereocenters. The molecule has 2 aromatic heterocycles. The van der Waals surface area contributed by atoms with Gasteiger partial charge in [-0.1, -0.05) is 25.0 Å². The molecule has 4 rings (SSSR count). The molecule has 122 valence electrons. The Balaban J connectivity index is 1.50. The van der Waals surface area contributed by atoms with Gasteiger partial charge in [0.05, 0.1) is 12.0 Å². The van der Waals surface area contributed by atoms with E-state index >= 15 is 0 Å². The highest BCUT2D eigenvalue weighted by Crippen LogP contribution is 2.27. The number of benzene rings is 1. The number of pyridine rings is 1. The van der Waals surface area contributed by atoms with Gasteiger partial charge in [0.25, 0.3) is 5.91 Å². The maximum atomic E-state index is 12.3. The number of carbonyl (C=O) groups excluding carboxylic acids is 1. The van der Waals surface area contributed by atoms with Crippen molar-refractivity contribution in [3.8, 4) is 11.3 Å². The summed E-state index contributed by atoms with van der Waals surface area (Å²) in [4.78, 5) is 16.7. The molecule has 0 aliphatic heterocycles. The van der Waals surface area contributed by atoms with Crippen molar-refractivity contribution in [2.24, 2.45) is 5.92 Å². The van der Waals surface area contributed by atoms with Crippen LogP contribution < -0.4 is 5.32 Å². The molecule has 1 N–H and O–H groups in total. The molecule has 1 aromatic carbocycles. The minimum atomic E-state index is 0.00271. The van der Waals surface area contributed by atoms with E-state index in [1.807, 2.05) is 36.4 Å². The van der Waals surface area contributed by atoms with E-state index in [1.165, 1.54) is 25.7 Å². The number of aromatic nitrogens is 1. The van der Waals surface area contributed by atoms with Crippen LogP contribution >= 0.6 is 0 Å². The summed E-state index contributed by atoms with van der Waals surface area (Å²) in [6, 6.07) is 11.4. The van der Waals surface area contributed by atoms with Gasteiger partial charge in [-0.05, 0) is 43.0 Å². The summed E-state index contributed by atoms with van der Waals surface area (Å²) in [7, 11) is 0. The van der Waals surface area contributed by atoms with Crippen molar-refractivity contribution in [1.29, 1.82) is 0 Å². The Morgan fingerprint density at radius 2 is 1.92 bits per heavy atom. The van der Waals surface area contributed by atoms with E-state index in [1.54, 1.807) is 12.5 Å². The van der Waals surface area contributed by atoms with Crippen LogP contribution in [-0.2, 0) is 0 Å². The number of nitrogens with zero attached hydrogens (tertiary/aromatic N) is 1. The molecule has 1 saturated carbocycles. The van der Waals surface area contributed by atoms with E-state index in [0.29, 0.717) is 11.5 Å². The second kappa shape index (κ2) is 6.48. The third-order valence-corrected chi connectivity index (χ3v) is 4.83. The Bertz CT molecular complexity index is 845. The Hall–Kier alpha value is -2.62. The topological polar surface area (TPSA) is 55.1 Å². The van der Waals surface area contributed by atoms with Gasteiger partial charge in [-0.2, -0.15) is 0 Å². The van der Waals surface area contributed by atoms with Gasteiger partial charge in [0.1, 0.15) is 5.58 Å². The second-order valence-electron chi connectivity index (χ2n) is 6.43. The Morgan fingerprint density at radius 1 is 1.12 bits per heavy atom. The summed E-state index contributed by atoms with van der Waals surface area (Å²) in [6.45, 7) is 0.788. The third kappa shape index (κ3) is 2.92. The number of amides is 1. The van der Waals surface area contributed by atoms with Gasteiger partial charge < -0.3 is 9.73 Å². The van der Waals surface area contributed by atoms with Crippen LogP contribution in [0.3, 0.4) is 0 Å². The van der Waals surface area contributed by atoms with Gasteiger partial charge in [-0.25, -0.2) is 0 Å². The molecular formula is C20H20N2O2. The van der Waals surface area contributed by atoms with Crippen molar-refractivity contribution in [2.75, 3.05) is 6.54 Å². The monoisotopic (exact) mass is 320 g/mol. The quantitative estimate of drug-likeness (QED) is 0.774. The predicted octanol–water partition coefficient (Wildman–Crippen LogP) is 4.41. The minimum Gasteiger partial charge on any atom is -0.464 e. The molecule has 0 radical (unpaired) electrons. The number of hydrogen-bond donors (Lipinski definition) is 1. The van der Waals surface area contributed by atoms with Gasteiger partial charge in [-0.3, -0.25) is 9.78 Å². The highest BCUT2D eigenvalue weighted by atomic mass is 16.3. The van der Waals surface area contributed by atoms with E-state index in [2.05, 4.69) is 10.3 Å². The Labute approximate surface area is 140 Å². The molecular weight excluding hydrogens is 300 g/mol. The fourth-order valence-corrected chi connectivity index (χ4v) is 3.46. The number of hydrogen-bond acceptors (Lipinski definition) is 3. The highest BCUT2D eigenvalue weighted by Gasteiger charge is 2.16.